The first-order chi connectivity index (χ1) is 28.8. The summed E-state index contributed by atoms with van der Waals surface area (Å²) in [6, 6.07) is 76.7. The number of fused-ring (bicyclic) bond motifs is 16. The Kier molecular flexibility index (Phi) is 6.56. The van der Waals surface area contributed by atoms with Gasteiger partial charge in [-0.1, -0.05) is 140 Å². The smallest absolute Gasteiger partial charge is 0.0726 e. The molecule has 0 N–H and O–H groups in total. The van der Waals surface area contributed by atoms with Gasteiger partial charge in [-0.05, 0) is 111 Å². The topological polar surface area (TPSA) is 8.17 Å². The van der Waals surface area contributed by atoms with Crippen molar-refractivity contribution in [1.82, 2.24) is 4.57 Å². The molecule has 2 nitrogen and oxygen atoms in total. The highest BCUT2D eigenvalue weighted by Crippen LogP contribution is 2.63. The average Bonchev–Trinajstić information content (AvgIpc) is 4.00. The number of para-hydroxylation sites is 3. The summed E-state index contributed by atoms with van der Waals surface area (Å²) in [5.41, 5.74) is 17.3. The summed E-state index contributed by atoms with van der Waals surface area (Å²) >= 11 is 1.87. The van der Waals surface area contributed by atoms with Gasteiger partial charge in [0.25, 0.3) is 0 Å². The molecule has 13 rings (SSSR count). The summed E-state index contributed by atoms with van der Waals surface area (Å²) in [5.74, 6) is 0. The third-order valence-electron chi connectivity index (χ3n) is 12.8. The van der Waals surface area contributed by atoms with E-state index in [1.54, 1.807) is 0 Å². The van der Waals surface area contributed by atoms with Crippen LogP contribution in [0.2, 0.25) is 0 Å². The molecule has 58 heavy (non-hydrogen) atoms. The van der Waals surface area contributed by atoms with Gasteiger partial charge in [0.15, 0.2) is 0 Å². The highest BCUT2D eigenvalue weighted by Gasteiger charge is 2.51. The van der Waals surface area contributed by atoms with Gasteiger partial charge in [0.1, 0.15) is 0 Å². The maximum absolute atomic E-state index is 2.48. The molecule has 2 heterocycles. The number of anilines is 3. The van der Waals surface area contributed by atoms with Crippen LogP contribution in [0, 0.1) is 0 Å². The van der Waals surface area contributed by atoms with Crippen LogP contribution in [0.15, 0.2) is 206 Å². The van der Waals surface area contributed by atoms with Crippen LogP contribution in [-0.2, 0) is 5.41 Å². The van der Waals surface area contributed by atoms with E-state index in [0.29, 0.717) is 0 Å². The van der Waals surface area contributed by atoms with Crippen LogP contribution in [-0.4, -0.2) is 4.57 Å². The van der Waals surface area contributed by atoms with Crippen LogP contribution in [0.5, 0.6) is 0 Å². The van der Waals surface area contributed by atoms with Crippen LogP contribution in [0.3, 0.4) is 0 Å². The van der Waals surface area contributed by atoms with Gasteiger partial charge in [-0.2, -0.15) is 0 Å². The van der Waals surface area contributed by atoms with E-state index in [0.717, 1.165) is 17.1 Å². The predicted molar refractivity (Wildman–Crippen MR) is 245 cm³/mol. The third kappa shape index (κ3) is 4.21. The minimum absolute atomic E-state index is 0.402. The number of rotatable bonds is 4. The quantitative estimate of drug-likeness (QED) is 0.174. The maximum Gasteiger partial charge on any atom is 0.0726 e. The van der Waals surface area contributed by atoms with Gasteiger partial charge in [-0.25, -0.2) is 0 Å². The van der Waals surface area contributed by atoms with Crippen molar-refractivity contribution in [3.63, 3.8) is 0 Å². The molecule has 2 aliphatic rings. The van der Waals surface area contributed by atoms with E-state index >= 15 is 0 Å². The fourth-order valence-corrected chi connectivity index (χ4v) is 11.6. The lowest BCUT2D eigenvalue weighted by molar-refractivity contribution is 0.793. The number of hydrogen-bond acceptors (Lipinski definition) is 2. The van der Waals surface area contributed by atoms with Crippen molar-refractivity contribution in [1.29, 1.82) is 0 Å². The van der Waals surface area contributed by atoms with Gasteiger partial charge in [0.2, 0.25) is 0 Å². The van der Waals surface area contributed by atoms with E-state index in [9.17, 15) is 0 Å². The summed E-state index contributed by atoms with van der Waals surface area (Å²) in [6.07, 6.45) is 0. The molecule has 2 aromatic heterocycles. The van der Waals surface area contributed by atoms with Crippen molar-refractivity contribution in [2.24, 2.45) is 0 Å². The molecule has 9 aromatic carbocycles. The van der Waals surface area contributed by atoms with Crippen LogP contribution in [0.1, 0.15) is 22.3 Å². The van der Waals surface area contributed by atoms with E-state index in [1.165, 1.54) is 92.2 Å². The van der Waals surface area contributed by atoms with Gasteiger partial charge in [-0.3, -0.25) is 0 Å². The van der Waals surface area contributed by atoms with Crippen molar-refractivity contribution in [3.8, 4) is 27.9 Å². The Morgan fingerprint density at radius 1 is 0.345 bits per heavy atom. The molecule has 0 amide bonds. The minimum Gasteiger partial charge on any atom is -0.310 e. The summed E-state index contributed by atoms with van der Waals surface area (Å²) < 4.78 is 4.98. The van der Waals surface area contributed by atoms with Gasteiger partial charge >= 0.3 is 0 Å². The van der Waals surface area contributed by atoms with Crippen LogP contribution in [0.4, 0.5) is 17.1 Å². The number of benzene rings is 9. The van der Waals surface area contributed by atoms with E-state index in [4.69, 9.17) is 0 Å². The minimum atomic E-state index is -0.402. The molecule has 270 valence electrons. The number of hydrogen-bond donors (Lipinski definition) is 0. The SMILES string of the molecule is c1ccc(N(c2ccc3c(c2)C2(c4ccccc4-c4ccccc42)c2ccccc2-3)c2ccc3c(c2)sc2ccc(-n4c5ccccc5c5ccccc54)cc23)cc1. The molecule has 0 aliphatic heterocycles. The van der Waals surface area contributed by atoms with E-state index in [2.05, 4.69) is 216 Å². The molecular weight excluding hydrogens is 721 g/mol. The summed E-state index contributed by atoms with van der Waals surface area (Å²) in [6.45, 7) is 0. The van der Waals surface area contributed by atoms with Crippen LogP contribution < -0.4 is 4.90 Å². The summed E-state index contributed by atoms with van der Waals surface area (Å²) in [5, 5.41) is 5.12. The zero-order valence-electron chi connectivity index (χ0n) is 31.4. The summed E-state index contributed by atoms with van der Waals surface area (Å²) in [7, 11) is 0. The molecule has 2 aliphatic carbocycles. The van der Waals surface area contributed by atoms with Crippen molar-refractivity contribution in [2.75, 3.05) is 4.90 Å². The second-order valence-corrected chi connectivity index (χ2v) is 16.7. The van der Waals surface area contributed by atoms with E-state index in [-0.39, 0.29) is 0 Å². The maximum atomic E-state index is 2.48. The molecule has 11 aromatic rings. The third-order valence-corrected chi connectivity index (χ3v) is 13.9. The standard InChI is InChI=1S/C55H34N2S/c1-2-14-35(15-3-1)56(37-26-29-42-41-18-6-11-23-49(41)55(50(42)33-37)47-21-9-4-16-39(47)40-17-5-10-22-48(40)55)38-27-30-45-46-32-36(28-31-53(46)58-54(45)34-38)57-51-24-12-7-19-43(51)44-20-8-13-25-52(44)57/h1-34H. The molecule has 3 heteroatoms. The molecule has 0 bridgehead atoms. The number of nitrogens with zero attached hydrogens (tertiary/aromatic N) is 2. The van der Waals surface area contributed by atoms with E-state index in [1.807, 2.05) is 11.3 Å². The zero-order valence-corrected chi connectivity index (χ0v) is 32.2. The first-order valence-electron chi connectivity index (χ1n) is 20.0. The molecule has 0 radical (unpaired) electrons. The molecule has 0 unspecified atom stereocenters. The summed E-state index contributed by atoms with van der Waals surface area (Å²) in [4.78, 5) is 2.44. The Balaban J connectivity index is 0.999. The predicted octanol–water partition coefficient (Wildman–Crippen LogP) is 15.0. The Bertz CT molecular complexity index is 3360. The van der Waals surface area contributed by atoms with Crippen LogP contribution >= 0.6 is 11.3 Å². The fourth-order valence-electron chi connectivity index (χ4n) is 10.5. The fraction of sp³-hybridized carbons (Fsp3) is 0.0182. The molecule has 0 saturated carbocycles. The monoisotopic (exact) mass is 754 g/mol. The first-order valence-corrected chi connectivity index (χ1v) is 20.8. The highest BCUT2D eigenvalue weighted by molar-refractivity contribution is 7.25. The number of thiophene rings is 1. The second kappa shape index (κ2) is 11.9. The lowest BCUT2D eigenvalue weighted by Gasteiger charge is -2.32. The normalized spacial score (nSPS) is 13.3. The Morgan fingerprint density at radius 3 is 1.53 bits per heavy atom. The van der Waals surface area contributed by atoms with Gasteiger partial charge in [-0.15, -0.1) is 11.3 Å². The molecule has 0 atom stereocenters. The van der Waals surface area contributed by atoms with Crippen molar-refractivity contribution in [3.05, 3.63) is 229 Å². The largest absolute Gasteiger partial charge is 0.310 e. The number of aromatic nitrogens is 1. The van der Waals surface area contributed by atoms with Crippen molar-refractivity contribution >= 4 is 70.4 Å². The van der Waals surface area contributed by atoms with Crippen molar-refractivity contribution in [2.45, 2.75) is 5.41 Å². The Labute approximate surface area is 340 Å². The second-order valence-electron chi connectivity index (χ2n) is 15.6. The molecular formula is C55H34N2S. The Morgan fingerprint density at radius 2 is 0.879 bits per heavy atom. The molecule has 1 spiro atoms. The molecule has 0 fully saturated rings. The lowest BCUT2D eigenvalue weighted by Crippen LogP contribution is -2.26. The van der Waals surface area contributed by atoms with Gasteiger partial charge in [0.05, 0.1) is 16.4 Å². The zero-order chi connectivity index (χ0) is 38.0. The Hall–Kier alpha value is -7.20. The van der Waals surface area contributed by atoms with Crippen molar-refractivity contribution < 1.29 is 0 Å². The van der Waals surface area contributed by atoms with Gasteiger partial charge < -0.3 is 9.47 Å². The van der Waals surface area contributed by atoms with Gasteiger partial charge in [0, 0.05) is 53.7 Å². The molecule has 0 saturated heterocycles. The highest BCUT2D eigenvalue weighted by atomic mass is 32.1. The van der Waals surface area contributed by atoms with Crippen LogP contribution in [0.25, 0.3) is 69.9 Å². The first kappa shape index (κ1) is 31.9. The average molecular weight is 755 g/mol. The van der Waals surface area contributed by atoms with E-state index < -0.39 is 5.41 Å². The lowest BCUT2D eigenvalue weighted by atomic mass is 9.70.